The highest BCUT2D eigenvalue weighted by Gasteiger charge is 2.05. The minimum atomic E-state index is -0.223. The van der Waals surface area contributed by atoms with E-state index in [4.69, 9.17) is 0 Å². The molecule has 0 aliphatic heterocycles. The van der Waals surface area contributed by atoms with Gasteiger partial charge in [0.25, 0.3) is 0 Å². The Morgan fingerprint density at radius 2 is 2.31 bits per heavy atom. The molecule has 3 heteroatoms. The Labute approximate surface area is 86.0 Å². The van der Waals surface area contributed by atoms with E-state index < -0.39 is 0 Å². The molecular weight excluding hydrogens is 233 g/mol. The number of hydrogen-bond donors (Lipinski definition) is 0. The van der Waals surface area contributed by atoms with Crippen LogP contribution >= 0.6 is 15.9 Å². The Bertz CT molecular complexity index is 312. The summed E-state index contributed by atoms with van der Waals surface area (Å²) in [5, 5.41) is 0. The molecule has 0 aromatic heterocycles. The summed E-state index contributed by atoms with van der Waals surface area (Å²) < 4.78 is 14.1. The Kier molecular flexibility index (Phi) is 3.48. The molecule has 1 aromatic rings. The van der Waals surface area contributed by atoms with E-state index in [0.29, 0.717) is 12.2 Å². The molecule has 1 aromatic carbocycles. The van der Waals surface area contributed by atoms with Crippen LogP contribution in [0.2, 0.25) is 0 Å². The van der Waals surface area contributed by atoms with Gasteiger partial charge in [0, 0.05) is 18.1 Å². The van der Waals surface area contributed by atoms with Crippen molar-refractivity contribution in [3.8, 4) is 0 Å². The van der Waals surface area contributed by atoms with Crippen molar-refractivity contribution >= 4 is 21.6 Å². The van der Waals surface area contributed by atoms with Crippen molar-refractivity contribution in [3.05, 3.63) is 41.1 Å². The Hall–Kier alpha value is -0.830. The van der Waals surface area contributed by atoms with Gasteiger partial charge < -0.3 is 4.90 Å². The molecule has 0 aliphatic carbocycles. The van der Waals surface area contributed by atoms with E-state index in [1.165, 1.54) is 6.07 Å². The van der Waals surface area contributed by atoms with Gasteiger partial charge in [0.15, 0.2) is 0 Å². The lowest BCUT2D eigenvalue weighted by Gasteiger charge is -2.17. The molecule has 0 aliphatic rings. The number of nitrogens with zero attached hydrogens (tertiary/aromatic N) is 1. The van der Waals surface area contributed by atoms with E-state index in [9.17, 15) is 4.39 Å². The zero-order valence-corrected chi connectivity index (χ0v) is 9.01. The molecule has 1 rings (SSSR count). The third-order valence-corrected chi connectivity index (χ3v) is 2.22. The summed E-state index contributed by atoms with van der Waals surface area (Å²) in [5.74, 6) is -0.223. The van der Waals surface area contributed by atoms with Crippen molar-refractivity contribution < 1.29 is 4.39 Å². The van der Waals surface area contributed by atoms with Gasteiger partial charge in [0.1, 0.15) is 5.82 Å². The number of rotatable bonds is 3. The molecule has 0 amide bonds. The molecule has 1 nitrogen and oxygen atoms in total. The molecule has 0 unspecified atom stereocenters. The van der Waals surface area contributed by atoms with Crippen LogP contribution in [0.25, 0.3) is 0 Å². The summed E-state index contributed by atoms with van der Waals surface area (Å²) in [4.78, 5) is 1.80. The Morgan fingerprint density at radius 3 is 2.85 bits per heavy atom. The average Bonchev–Trinajstić information content (AvgIpc) is 2.04. The van der Waals surface area contributed by atoms with Gasteiger partial charge in [-0.2, -0.15) is 0 Å². The topological polar surface area (TPSA) is 3.24 Å². The fourth-order valence-corrected chi connectivity index (χ4v) is 1.42. The van der Waals surface area contributed by atoms with E-state index in [1.54, 1.807) is 17.0 Å². The molecule has 0 saturated carbocycles. The van der Waals surface area contributed by atoms with Crippen molar-refractivity contribution in [2.45, 2.75) is 0 Å². The second-order valence-corrected chi connectivity index (χ2v) is 3.68. The Balaban J connectivity index is 2.94. The standard InChI is InChI=1S/C10H11BrFN/c1-3-6-13(2)10-5-4-8(11)7-9(10)12/h3-5,7H,1,6H2,2H3. The summed E-state index contributed by atoms with van der Waals surface area (Å²) in [6.07, 6.45) is 1.74. The van der Waals surface area contributed by atoms with Gasteiger partial charge in [-0.05, 0) is 18.2 Å². The first-order valence-corrected chi connectivity index (χ1v) is 4.71. The maximum atomic E-state index is 13.3. The highest BCUT2D eigenvalue weighted by Crippen LogP contribution is 2.21. The van der Waals surface area contributed by atoms with Crippen LogP contribution in [0.15, 0.2) is 35.3 Å². The molecule has 0 spiro atoms. The predicted octanol–water partition coefficient (Wildman–Crippen LogP) is 3.21. The van der Waals surface area contributed by atoms with Crippen LogP contribution in [0.3, 0.4) is 0 Å². The molecular formula is C10H11BrFN. The largest absolute Gasteiger partial charge is 0.369 e. The van der Waals surface area contributed by atoms with Crippen LogP contribution in [-0.2, 0) is 0 Å². The maximum absolute atomic E-state index is 13.3. The first-order chi connectivity index (χ1) is 6.15. The fourth-order valence-electron chi connectivity index (χ4n) is 1.08. The van der Waals surface area contributed by atoms with Crippen LogP contribution < -0.4 is 4.90 Å². The highest BCUT2D eigenvalue weighted by molar-refractivity contribution is 9.10. The molecule has 0 atom stereocenters. The normalized spacial score (nSPS) is 9.77. The van der Waals surface area contributed by atoms with Crippen molar-refractivity contribution in [2.75, 3.05) is 18.5 Å². The van der Waals surface area contributed by atoms with Crippen LogP contribution in [0.4, 0.5) is 10.1 Å². The zero-order valence-electron chi connectivity index (χ0n) is 7.43. The molecule has 0 N–H and O–H groups in total. The third kappa shape index (κ3) is 2.56. The van der Waals surface area contributed by atoms with E-state index in [2.05, 4.69) is 22.5 Å². The van der Waals surface area contributed by atoms with E-state index in [-0.39, 0.29) is 5.82 Å². The molecule has 0 saturated heterocycles. The number of anilines is 1. The fraction of sp³-hybridized carbons (Fsp3) is 0.200. The second-order valence-electron chi connectivity index (χ2n) is 2.76. The molecule has 0 radical (unpaired) electrons. The molecule has 0 fully saturated rings. The summed E-state index contributed by atoms with van der Waals surface area (Å²) in [6.45, 7) is 4.24. The van der Waals surface area contributed by atoms with Gasteiger partial charge in [-0.3, -0.25) is 0 Å². The monoisotopic (exact) mass is 243 g/mol. The lowest BCUT2D eigenvalue weighted by molar-refractivity contribution is 0.624. The van der Waals surface area contributed by atoms with Crippen LogP contribution in [0.1, 0.15) is 0 Å². The SMILES string of the molecule is C=CCN(C)c1ccc(Br)cc1F. The zero-order chi connectivity index (χ0) is 9.84. The van der Waals surface area contributed by atoms with Crippen molar-refractivity contribution in [1.82, 2.24) is 0 Å². The van der Waals surface area contributed by atoms with Gasteiger partial charge in [-0.25, -0.2) is 4.39 Å². The minimum Gasteiger partial charge on any atom is -0.369 e. The molecule has 13 heavy (non-hydrogen) atoms. The van der Waals surface area contributed by atoms with Crippen LogP contribution in [-0.4, -0.2) is 13.6 Å². The van der Waals surface area contributed by atoms with Gasteiger partial charge >= 0.3 is 0 Å². The molecule has 0 bridgehead atoms. The van der Waals surface area contributed by atoms with Crippen LogP contribution in [0.5, 0.6) is 0 Å². The van der Waals surface area contributed by atoms with Crippen molar-refractivity contribution in [3.63, 3.8) is 0 Å². The summed E-state index contributed by atoms with van der Waals surface area (Å²) in [7, 11) is 1.83. The highest BCUT2D eigenvalue weighted by atomic mass is 79.9. The average molecular weight is 244 g/mol. The van der Waals surface area contributed by atoms with Gasteiger partial charge in [0.05, 0.1) is 5.69 Å². The van der Waals surface area contributed by atoms with Crippen LogP contribution in [0, 0.1) is 5.82 Å². The first kappa shape index (κ1) is 10.3. The lowest BCUT2D eigenvalue weighted by atomic mass is 10.3. The van der Waals surface area contributed by atoms with Crippen molar-refractivity contribution in [2.24, 2.45) is 0 Å². The number of halogens is 2. The van der Waals surface area contributed by atoms with E-state index in [0.717, 1.165) is 4.47 Å². The molecule has 70 valence electrons. The number of hydrogen-bond acceptors (Lipinski definition) is 1. The third-order valence-electron chi connectivity index (χ3n) is 1.72. The predicted molar refractivity (Wildman–Crippen MR) is 57.6 cm³/mol. The maximum Gasteiger partial charge on any atom is 0.147 e. The van der Waals surface area contributed by atoms with Gasteiger partial charge in [0.2, 0.25) is 0 Å². The quantitative estimate of drug-likeness (QED) is 0.738. The Morgan fingerprint density at radius 1 is 1.62 bits per heavy atom. The summed E-state index contributed by atoms with van der Waals surface area (Å²) in [5.41, 5.74) is 0.586. The second kappa shape index (κ2) is 4.42. The van der Waals surface area contributed by atoms with E-state index >= 15 is 0 Å². The van der Waals surface area contributed by atoms with E-state index in [1.807, 2.05) is 13.1 Å². The first-order valence-electron chi connectivity index (χ1n) is 3.92. The van der Waals surface area contributed by atoms with Crippen molar-refractivity contribution in [1.29, 1.82) is 0 Å². The summed E-state index contributed by atoms with van der Waals surface area (Å²) in [6, 6.07) is 5.01. The summed E-state index contributed by atoms with van der Waals surface area (Å²) >= 11 is 3.21. The lowest BCUT2D eigenvalue weighted by Crippen LogP contribution is -2.17. The number of benzene rings is 1. The molecule has 0 heterocycles. The van der Waals surface area contributed by atoms with Gasteiger partial charge in [-0.1, -0.05) is 22.0 Å². The number of likely N-dealkylation sites (N-methyl/N-ethyl adjacent to an activating group) is 1. The minimum absolute atomic E-state index is 0.223. The van der Waals surface area contributed by atoms with Gasteiger partial charge in [-0.15, -0.1) is 6.58 Å². The smallest absolute Gasteiger partial charge is 0.147 e.